The molecule has 0 fully saturated rings. The van der Waals surface area contributed by atoms with Crippen molar-refractivity contribution in [3.8, 4) is 0 Å². The SMILES string of the molecule is CCCCCCCCCCCC(=O)O.CCCCCCCCCCCC(=O)O.CCC[CH2][SnH2][O][Sn]([CH2]CCC)([CH2]CCC)[CH2]CCC. The third-order valence-corrected chi connectivity index (χ3v) is 40.1. The quantitative estimate of drug-likeness (QED) is 0.0497. The van der Waals surface area contributed by atoms with E-state index in [9.17, 15) is 9.59 Å². The maximum atomic E-state index is 10.2. The zero-order valence-electron chi connectivity index (χ0n) is 33.0. The molecule has 47 heavy (non-hydrogen) atoms. The van der Waals surface area contributed by atoms with Crippen molar-refractivity contribution in [1.29, 1.82) is 0 Å². The molecule has 0 aromatic rings. The molecule has 0 unspecified atom stereocenters. The first-order valence-electron chi connectivity index (χ1n) is 20.9. The Morgan fingerprint density at radius 3 is 0.979 bits per heavy atom. The van der Waals surface area contributed by atoms with E-state index in [1.54, 1.807) is 0 Å². The van der Waals surface area contributed by atoms with Gasteiger partial charge in [-0.3, -0.25) is 9.59 Å². The zero-order valence-corrected chi connectivity index (χ0v) is 39.8. The van der Waals surface area contributed by atoms with Crippen LogP contribution in [0.2, 0.25) is 17.7 Å². The molecule has 0 aliphatic heterocycles. The van der Waals surface area contributed by atoms with E-state index >= 15 is 0 Å². The van der Waals surface area contributed by atoms with Gasteiger partial charge in [-0.2, -0.15) is 0 Å². The topological polar surface area (TPSA) is 83.8 Å². The van der Waals surface area contributed by atoms with Crippen molar-refractivity contribution in [3.63, 3.8) is 0 Å². The molecule has 0 aromatic carbocycles. The maximum absolute atomic E-state index is 10.2. The molecule has 284 valence electrons. The van der Waals surface area contributed by atoms with Gasteiger partial charge in [0.25, 0.3) is 0 Å². The molecule has 0 spiro atoms. The summed E-state index contributed by atoms with van der Waals surface area (Å²) in [6.45, 7) is 13.8. The summed E-state index contributed by atoms with van der Waals surface area (Å²) in [6.07, 6.45) is 34.2. The van der Waals surface area contributed by atoms with Crippen molar-refractivity contribution < 1.29 is 21.2 Å². The van der Waals surface area contributed by atoms with Gasteiger partial charge < -0.3 is 10.2 Å². The van der Waals surface area contributed by atoms with Gasteiger partial charge in [0.05, 0.1) is 0 Å². The number of aliphatic carboxylic acids is 2. The number of hydrogen-bond acceptors (Lipinski definition) is 3. The predicted octanol–water partition coefficient (Wildman–Crippen LogP) is 13.6. The van der Waals surface area contributed by atoms with Gasteiger partial charge in [-0.05, 0) is 12.8 Å². The van der Waals surface area contributed by atoms with E-state index in [-0.39, 0.29) is 0 Å². The van der Waals surface area contributed by atoms with E-state index < -0.39 is 52.3 Å². The first-order chi connectivity index (χ1) is 22.8. The molecule has 0 bridgehead atoms. The van der Waals surface area contributed by atoms with Crippen molar-refractivity contribution in [1.82, 2.24) is 0 Å². The van der Waals surface area contributed by atoms with Crippen LogP contribution in [0.4, 0.5) is 0 Å². The van der Waals surface area contributed by atoms with Crippen LogP contribution >= 0.6 is 0 Å². The van der Waals surface area contributed by atoms with Crippen molar-refractivity contribution in [2.45, 2.75) is 239 Å². The summed E-state index contributed by atoms with van der Waals surface area (Å²) in [4.78, 5) is 20.4. The van der Waals surface area contributed by atoms with Gasteiger partial charge in [0.1, 0.15) is 0 Å². The Balaban J connectivity index is -0.000000630. The van der Waals surface area contributed by atoms with Gasteiger partial charge in [0, 0.05) is 12.8 Å². The van der Waals surface area contributed by atoms with E-state index in [1.807, 2.05) is 0 Å². The average molecular weight is 885 g/mol. The molecule has 0 atom stereocenters. The van der Waals surface area contributed by atoms with Crippen LogP contribution in [0.25, 0.3) is 0 Å². The monoisotopic (exact) mass is 886 g/mol. The molecule has 5 nitrogen and oxygen atoms in total. The molecule has 0 saturated heterocycles. The Morgan fingerprint density at radius 2 is 0.702 bits per heavy atom. The summed E-state index contributed by atoms with van der Waals surface area (Å²) in [5, 5.41) is 16.8. The predicted molar refractivity (Wildman–Crippen MR) is 213 cm³/mol. The number of carbonyl (C=O) groups is 2. The first-order valence-corrected chi connectivity index (χ1v) is 32.6. The molecule has 0 saturated carbocycles. The summed E-state index contributed by atoms with van der Waals surface area (Å²) < 4.78 is 13.0. The van der Waals surface area contributed by atoms with Gasteiger partial charge in [0.2, 0.25) is 0 Å². The summed E-state index contributed by atoms with van der Waals surface area (Å²) in [6, 6.07) is 0. The van der Waals surface area contributed by atoms with Gasteiger partial charge in [-0.15, -0.1) is 0 Å². The van der Waals surface area contributed by atoms with E-state index in [1.165, 1.54) is 159 Å². The molecule has 0 aliphatic carbocycles. The second-order valence-electron chi connectivity index (χ2n) is 14.0. The molecule has 7 heteroatoms. The van der Waals surface area contributed by atoms with Gasteiger partial charge in [-0.1, -0.05) is 117 Å². The van der Waals surface area contributed by atoms with Crippen LogP contribution < -0.4 is 0 Å². The number of unbranched alkanes of at least 4 members (excludes halogenated alkanes) is 20. The molecule has 0 amide bonds. The van der Waals surface area contributed by atoms with E-state index in [2.05, 4.69) is 41.5 Å². The Kier molecular flexibility index (Phi) is 49.1. The number of rotatable bonds is 34. The van der Waals surface area contributed by atoms with E-state index in [0.717, 1.165) is 25.7 Å². The van der Waals surface area contributed by atoms with Crippen LogP contribution in [0.5, 0.6) is 0 Å². The van der Waals surface area contributed by atoms with Crippen molar-refractivity contribution >= 4 is 52.3 Å². The van der Waals surface area contributed by atoms with Crippen LogP contribution in [0.15, 0.2) is 0 Å². The summed E-state index contributed by atoms with van der Waals surface area (Å²) >= 11 is -2.98. The van der Waals surface area contributed by atoms with Crippen LogP contribution in [-0.2, 0) is 11.0 Å². The minimum atomic E-state index is -2.14. The zero-order chi connectivity index (χ0) is 35.7. The average Bonchev–Trinajstić information content (AvgIpc) is 3.06. The third-order valence-electron chi connectivity index (χ3n) is 9.10. The van der Waals surface area contributed by atoms with Crippen molar-refractivity contribution in [3.05, 3.63) is 0 Å². The minimum absolute atomic E-state index is 0.343. The van der Waals surface area contributed by atoms with Crippen molar-refractivity contribution in [2.24, 2.45) is 0 Å². The van der Waals surface area contributed by atoms with Gasteiger partial charge in [0.15, 0.2) is 0 Å². The number of hydrogen-bond donors (Lipinski definition) is 2. The molecule has 0 radical (unpaired) electrons. The van der Waals surface area contributed by atoms with Crippen molar-refractivity contribution in [2.75, 3.05) is 0 Å². The molecular weight excluding hydrogens is 798 g/mol. The Morgan fingerprint density at radius 1 is 0.426 bits per heavy atom. The van der Waals surface area contributed by atoms with Crippen LogP contribution in [0.3, 0.4) is 0 Å². The Hall–Kier alpha value is 0.497. The van der Waals surface area contributed by atoms with Crippen LogP contribution in [0.1, 0.15) is 221 Å². The first kappa shape index (κ1) is 51.9. The second kappa shape index (κ2) is 44.5. The summed E-state index contributed by atoms with van der Waals surface area (Å²) in [5.74, 6) is -1.32. The fraction of sp³-hybridized carbons (Fsp3) is 0.950. The molecule has 0 rings (SSSR count). The normalized spacial score (nSPS) is 11.3. The molecule has 2 N–H and O–H groups in total. The molecular formula is C40H86O5Sn2. The van der Waals surface area contributed by atoms with Gasteiger partial charge >= 0.3 is 151 Å². The molecule has 0 heterocycles. The summed E-state index contributed by atoms with van der Waals surface area (Å²) in [7, 11) is 0. The fourth-order valence-electron chi connectivity index (χ4n) is 5.90. The van der Waals surface area contributed by atoms with Crippen LogP contribution in [-0.4, -0.2) is 62.5 Å². The van der Waals surface area contributed by atoms with E-state index in [4.69, 9.17) is 11.6 Å². The number of carboxylic acids is 2. The Labute approximate surface area is 310 Å². The fourth-order valence-corrected chi connectivity index (χ4v) is 40.8. The Bertz CT molecular complexity index is 564. The van der Waals surface area contributed by atoms with Crippen LogP contribution in [0, 0.1) is 0 Å². The second-order valence-corrected chi connectivity index (χ2v) is 34.6. The van der Waals surface area contributed by atoms with E-state index in [0.29, 0.717) is 12.8 Å². The summed E-state index contributed by atoms with van der Waals surface area (Å²) in [5.41, 5.74) is 0. The molecule has 0 aliphatic rings. The molecule has 0 aromatic heterocycles. The van der Waals surface area contributed by atoms with Gasteiger partial charge in [-0.25, -0.2) is 0 Å². The number of carboxylic acid groups (broad SMARTS) is 2. The third kappa shape index (κ3) is 46.5. The standard InChI is InChI=1S/2C12H24O2.4C4H9.O.2Sn.2H/c2*1-2-3-4-5-6-7-8-9-10-11-12(13)14;4*1-3-4-2;;;;;/h2*2-11H2,1H3,(H,13,14);4*1,3-4H2,2H3;;;;;.